The molecule has 0 aromatic heterocycles. The van der Waals surface area contributed by atoms with Crippen molar-refractivity contribution in [3.8, 4) is 5.75 Å². The van der Waals surface area contributed by atoms with Crippen molar-refractivity contribution >= 4 is 46.5 Å². The van der Waals surface area contributed by atoms with Gasteiger partial charge in [-0.2, -0.15) is 0 Å². The highest BCUT2D eigenvalue weighted by atomic mass is 35.5. The van der Waals surface area contributed by atoms with Crippen molar-refractivity contribution in [2.45, 2.75) is 13.2 Å². The number of aromatic carboxylic acids is 1. The molecule has 0 spiro atoms. The lowest BCUT2D eigenvalue weighted by molar-refractivity contribution is 0.0697. The van der Waals surface area contributed by atoms with Gasteiger partial charge in [0.25, 0.3) is 0 Å². The molecule has 4 nitrogen and oxygen atoms in total. The average Bonchev–Trinajstić information content (AvgIpc) is 2.68. The topological polar surface area (TPSA) is 58.6 Å². The molecule has 0 fully saturated rings. The van der Waals surface area contributed by atoms with Crippen LogP contribution >= 0.6 is 34.8 Å². The van der Waals surface area contributed by atoms with Gasteiger partial charge in [-0.05, 0) is 42.0 Å². The number of carboxylic acids is 1. The highest BCUT2D eigenvalue weighted by Gasteiger charge is 2.09. The van der Waals surface area contributed by atoms with Gasteiger partial charge in [0.15, 0.2) is 0 Å². The number of para-hydroxylation sites is 1. The van der Waals surface area contributed by atoms with Gasteiger partial charge in [-0.1, -0.05) is 59.1 Å². The molecule has 3 aromatic carbocycles. The second-order valence-electron chi connectivity index (χ2n) is 6.00. The lowest BCUT2D eigenvalue weighted by atomic mass is 10.1. The number of nitrogens with one attached hydrogen (secondary N) is 1. The zero-order valence-electron chi connectivity index (χ0n) is 14.6. The minimum atomic E-state index is -1.01. The number of rotatable bonds is 7. The Balaban J connectivity index is 1.71. The van der Waals surface area contributed by atoms with Gasteiger partial charge in [-0.15, -0.1) is 0 Å². The summed E-state index contributed by atoms with van der Waals surface area (Å²) >= 11 is 18.1. The average molecular weight is 437 g/mol. The largest absolute Gasteiger partial charge is 0.489 e. The van der Waals surface area contributed by atoms with E-state index in [0.717, 1.165) is 11.1 Å². The van der Waals surface area contributed by atoms with Crippen LogP contribution in [0.4, 0.5) is 5.69 Å². The van der Waals surface area contributed by atoms with E-state index in [0.29, 0.717) is 39.7 Å². The molecule has 0 amide bonds. The van der Waals surface area contributed by atoms with Crippen LogP contribution in [0.3, 0.4) is 0 Å². The number of carbonyl (C=O) groups is 1. The molecular weight excluding hydrogens is 421 g/mol. The first kappa shape index (κ1) is 20.3. The van der Waals surface area contributed by atoms with Crippen molar-refractivity contribution < 1.29 is 14.6 Å². The molecule has 0 aliphatic rings. The van der Waals surface area contributed by atoms with Gasteiger partial charge in [0.2, 0.25) is 0 Å². The third-order valence-corrected chi connectivity index (χ3v) is 5.10. The predicted octanol–water partition coefficient (Wildman–Crippen LogP) is 6.54. The Morgan fingerprint density at radius 3 is 2.43 bits per heavy atom. The molecule has 28 heavy (non-hydrogen) atoms. The predicted molar refractivity (Wildman–Crippen MR) is 113 cm³/mol. The Bertz CT molecular complexity index is 1010. The molecule has 0 saturated heterocycles. The van der Waals surface area contributed by atoms with E-state index in [9.17, 15) is 4.79 Å². The van der Waals surface area contributed by atoms with Crippen LogP contribution in [0.1, 0.15) is 21.5 Å². The van der Waals surface area contributed by atoms with Crippen molar-refractivity contribution in [2.24, 2.45) is 0 Å². The fourth-order valence-corrected chi connectivity index (χ4v) is 3.07. The van der Waals surface area contributed by atoms with Crippen LogP contribution in [0.5, 0.6) is 5.75 Å². The van der Waals surface area contributed by atoms with E-state index in [4.69, 9.17) is 44.6 Å². The molecule has 144 valence electrons. The van der Waals surface area contributed by atoms with Crippen LogP contribution in [0.2, 0.25) is 15.1 Å². The lowest BCUT2D eigenvalue weighted by Gasteiger charge is -2.14. The number of hydrogen-bond donors (Lipinski definition) is 2. The molecule has 7 heteroatoms. The van der Waals surface area contributed by atoms with Crippen molar-refractivity contribution in [2.75, 3.05) is 5.32 Å². The first-order valence-corrected chi connectivity index (χ1v) is 9.49. The van der Waals surface area contributed by atoms with Gasteiger partial charge in [-0.25, -0.2) is 4.79 Å². The monoisotopic (exact) mass is 435 g/mol. The van der Waals surface area contributed by atoms with Crippen LogP contribution < -0.4 is 10.1 Å². The molecule has 0 heterocycles. The summed E-state index contributed by atoms with van der Waals surface area (Å²) in [5.74, 6) is -0.309. The zero-order chi connectivity index (χ0) is 20.1. The van der Waals surface area contributed by atoms with E-state index in [1.165, 1.54) is 12.1 Å². The number of halogens is 3. The molecule has 0 aliphatic heterocycles. The lowest BCUT2D eigenvalue weighted by Crippen LogP contribution is -2.05. The first-order valence-electron chi connectivity index (χ1n) is 8.35. The van der Waals surface area contributed by atoms with E-state index in [1.54, 1.807) is 18.2 Å². The number of carboxylic acid groups (broad SMARTS) is 1. The number of anilines is 1. The molecule has 0 unspecified atom stereocenters. The van der Waals surface area contributed by atoms with Crippen LogP contribution in [-0.4, -0.2) is 11.1 Å². The summed E-state index contributed by atoms with van der Waals surface area (Å²) in [7, 11) is 0. The molecule has 0 bridgehead atoms. The second-order valence-corrected chi connectivity index (χ2v) is 7.22. The Morgan fingerprint density at radius 2 is 1.68 bits per heavy atom. The normalized spacial score (nSPS) is 10.5. The van der Waals surface area contributed by atoms with E-state index in [2.05, 4.69) is 5.32 Å². The highest BCUT2D eigenvalue weighted by molar-refractivity contribution is 6.42. The molecule has 3 rings (SSSR count). The summed E-state index contributed by atoms with van der Waals surface area (Å²) < 4.78 is 5.93. The van der Waals surface area contributed by atoms with Gasteiger partial charge in [0.1, 0.15) is 12.4 Å². The van der Waals surface area contributed by atoms with Crippen LogP contribution in [0, 0.1) is 0 Å². The summed E-state index contributed by atoms with van der Waals surface area (Å²) in [6, 6.07) is 17.4. The van der Waals surface area contributed by atoms with Gasteiger partial charge in [0, 0.05) is 12.1 Å². The number of benzene rings is 3. The van der Waals surface area contributed by atoms with Crippen molar-refractivity contribution in [3.05, 3.63) is 92.4 Å². The Hall–Kier alpha value is -2.40. The van der Waals surface area contributed by atoms with Gasteiger partial charge < -0.3 is 15.2 Å². The van der Waals surface area contributed by atoms with Crippen LogP contribution in [0.25, 0.3) is 0 Å². The fraction of sp³-hybridized carbons (Fsp3) is 0.0952. The first-order chi connectivity index (χ1) is 13.4. The van der Waals surface area contributed by atoms with Gasteiger partial charge in [0.05, 0.1) is 26.3 Å². The maximum Gasteiger partial charge on any atom is 0.335 e. The van der Waals surface area contributed by atoms with E-state index in [1.807, 2.05) is 30.3 Å². The van der Waals surface area contributed by atoms with Crippen LogP contribution in [0.15, 0.2) is 60.7 Å². The quantitative estimate of drug-likeness (QED) is 0.442. The molecule has 2 N–H and O–H groups in total. The minimum absolute atomic E-state index is 0.163. The van der Waals surface area contributed by atoms with E-state index in [-0.39, 0.29) is 5.56 Å². The summed E-state index contributed by atoms with van der Waals surface area (Å²) in [6.07, 6.45) is 0. The molecule has 3 aromatic rings. The van der Waals surface area contributed by atoms with Gasteiger partial charge >= 0.3 is 5.97 Å². The fourth-order valence-electron chi connectivity index (χ4n) is 2.57. The second kappa shape index (κ2) is 9.20. The molecule has 0 radical (unpaired) electrons. The minimum Gasteiger partial charge on any atom is -0.489 e. The summed E-state index contributed by atoms with van der Waals surface area (Å²) in [6.45, 7) is 0.753. The highest BCUT2D eigenvalue weighted by Crippen LogP contribution is 2.27. The Kier molecular flexibility index (Phi) is 6.68. The summed E-state index contributed by atoms with van der Waals surface area (Å²) in [5, 5.41) is 13.7. The summed E-state index contributed by atoms with van der Waals surface area (Å²) in [5.41, 5.74) is 2.51. The van der Waals surface area contributed by atoms with E-state index >= 15 is 0 Å². The summed E-state index contributed by atoms with van der Waals surface area (Å²) in [4.78, 5) is 11.1. The van der Waals surface area contributed by atoms with Crippen molar-refractivity contribution in [3.63, 3.8) is 0 Å². The third-order valence-electron chi connectivity index (χ3n) is 4.03. The molecule has 0 atom stereocenters. The smallest absolute Gasteiger partial charge is 0.335 e. The Labute approximate surface area is 177 Å². The van der Waals surface area contributed by atoms with Gasteiger partial charge in [-0.3, -0.25) is 0 Å². The maximum absolute atomic E-state index is 11.1. The van der Waals surface area contributed by atoms with Crippen molar-refractivity contribution in [1.29, 1.82) is 0 Å². The van der Waals surface area contributed by atoms with E-state index < -0.39 is 5.97 Å². The number of hydrogen-bond acceptors (Lipinski definition) is 3. The molecule has 0 saturated carbocycles. The number of ether oxygens (including phenoxy) is 1. The molecular formula is C21H16Cl3NO3. The standard InChI is InChI=1S/C21H16Cl3NO3/c22-16-7-5-13(9-18(16)24)12-28-20-4-2-1-3-15(20)11-25-19-10-14(21(26)27)6-8-17(19)23/h1-10,25H,11-12H2,(H,26,27). The van der Waals surface area contributed by atoms with Crippen molar-refractivity contribution in [1.82, 2.24) is 0 Å². The maximum atomic E-state index is 11.1. The third kappa shape index (κ3) is 5.10. The zero-order valence-corrected chi connectivity index (χ0v) is 16.9. The van der Waals surface area contributed by atoms with Crippen LogP contribution in [-0.2, 0) is 13.2 Å². The SMILES string of the molecule is O=C(O)c1ccc(Cl)c(NCc2ccccc2OCc2ccc(Cl)c(Cl)c2)c1. The Morgan fingerprint density at radius 1 is 0.929 bits per heavy atom. The molecule has 0 aliphatic carbocycles.